The Balaban J connectivity index is 1.89. The molecule has 0 radical (unpaired) electrons. The van der Waals surface area contributed by atoms with Gasteiger partial charge in [0, 0.05) is 10.5 Å². The first kappa shape index (κ1) is 22.3. The van der Waals surface area contributed by atoms with Crippen LogP contribution in [0.25, 0.3) is 0 Å². The molecule has 2 rings (SSSR count). The summed E-state index contributed by atoms with van der Waals surface area (Å²) in [5.74, 6) is 1.68. The van der Waals surface area contributed by atoms with Gasteiger partial charge in [-0.1, -0.05) is 23.6 Å². The van der Waals surface area contributed by atoms with Crippen LogP contribution in [0.4, 0.5) is 0 Å². The van der Waals surface area contributed by atoms with Crippen LogP contribution in [0.2, 0.25) is 0 Å². The van der Waals surface area contributed by atoms with Crippen LogP contribution < -0.4 is 20.1 Å². The number of methoxy groups -OCH3 is 2. The average molecular weight is 463 g/mol. The van der Waals surface area contributed by atoms with E-state index in [9.17, 15) is 0 Å². The van der Waals surface area contributed by atoms with Crippen molar-refractivity contribution in [1.29, 1.82) is 0 Å². The predicted octanol–water partition coefficient (Wildman–Crippen LogP) is 5.08. The Labute approximate surface area is 177 Å². The van der Waals surface area contributed by atoms with Gasteiger partial charge in [-0.15, -0.1) is 24.5 Å². The fraction of sp³-hybridized carbons (Fsp3) is 0.333. The molecule has 2 aromatic carbocycles. The zero-order valence-electron chi connectivity index (χ0n) is 14.9. The van der Waals surface area contributed by atoms with Crippen molar-refractivity contribution in [3.63, 3.8) is 0 Å². The lowest BCUT2D eigenvalue weighted by Crippen LogP contribution is -2.06. The normalized spacial score (nSPS) is 15.7. The molecule has 2 aromatic rings. The molecule has 0 aliphatic carbocycles. The molecule has 2 nitrogen and oxygen atoms in total. The van der Waals surface area contributed by atoms with Gasteiger partial charge in [0.25, 0.3) is 0 Å². The van der Waals surface area contributed by atoms with Gasteiger partial charge < -0.3 is 9.47 Å². The highest BCUT2D eigenvalue weighted by Gasteiger charge is 2.17. The number of hydrogen-bond acceptors (Lipinski definition) is 4. The molecule has 0 aromatic heterocycles. The summed E-state index contributed by atoms with van der Waals surface area (Å²) in [5, 5.41) is -1.39. The molecule has 0 aliphatic heterocycles. The van der Waals surface area contributed by atoms with Crippen LogP contribution in [0.5, 0.6) is 11.5 Å². The van der Waals surface area contributed by atoms with Crippen LogP contribution in [0, 0.1) is 0 Å². The molecule has 0 aliphatic rings. The fourth-order valence-electron chi connectivity index (χ4n) is 2.54. The molecular weight excluding hydrogens is 438 g/mol. The third kappa shape index (κ3) is 6.29. The van der Waals surface area contributed by atoms with Crippen molar-refractivity contribution in [2.24, 2.45) is 0 Å². The smallest absolute Gasteiger partial charge is 0.118 e. The molecule has 0 amide bonds. The summed E-state index contributed by atoms with van der Waals surface area (Å²) in [7, 11) is 3.33. The fourth-order valence-corrected chi connectivity index (χ4v) is 8.74. The van der Waals surface area contributed by atoms with Gasteiger partial charge in [-0.05, 0) is 84.3 Å². The van der Waals surface area contributed by atoms with Crippen molar-refractivity contribution < 1.29 is 9.47 Å². The SMILES string of the molecule is COc1ccc(P(=S)(S)CCCCP(=S)(S)c2ccc(OC)cc2)cc1. The zero-order chi connectivity index (χ0) is 19.2. The van der Waals surface area contributed by atoms with Crippen LogP contribution in [0.3, 0.4) is 0 Å². The largest absolute Gasteiger partial charge is 0.497 e. The second-order valence-electron chi connectivity index (χ2n) is 5.95. The quantitative estimate of drug-likeness (QED) is 0.307. The molecule has 2 unspecified atom stereocenters. The second kappa shape index (κ2) is 10.0. The first-order valence-corrected chi connectivity index (χ1v) is 16.5. The van der Waals surface area contributed by atoms with Gasteiger partial charge in [-0.3, -0.25) is 0 Å². The Kier molecular flexibility index (Phi) is 8.59. The van der Waals surface area contributed by atoms with E-state index in [1.807, 2.05) is 48.5 Å². The summed E-state index contributed by atoms with van der Waals surface area (Å²) in [5.41, 5.74) is 0. The molecule has 0 bridgehead atoms. The molecule has 26 heavy (non-hydrogen) atoms. The highest BCUT2D eigenvalue weighted by Crippen LogP contribution is 2.53. The zero-order valence-corrected chi connectivity index (χ0v) is 20.1. The molecular formula is C18H24O2P2S4. The summed E-state index contributed by atoms with van der Waals surface area (Å²) in [4.78, 5) is 0. The van der Waals surface area contributed by atoms with E-state index in [1.54, 1.807) is 14.2 Å². The first-order chi connectivity index (χ1) is 12.3. The summed E-state index contributed by atoms with van der Waals surface area (Å²) < 4.78 is 10.4. The number of thiol groups is 2. The standard InChI is InChI=1S/C18H24O2P2S4/c1-19-15-5-9-17(10-6-15)21(23,24)13-3-4-14-22(25,26)18-11-7-16(20-2)8-12-18/h5-12H,3-4,13-14H2,1-2H3,(H,23,24)(H,25,26). The third-order valence-electron chi connectivity index (χ3n) is 4.12. The Morgan fingerprint density at radius 1 is 0.692 bits per heavy atom. The van der Waals surface area contributed by atoms with Crippen molar-refractivity contribution in [3.05, 3.63) is 48.5 Å². The average Bonchev–Trinajstić information content (AvgIpc) is 2.65. The lowest BCUT2D eigenvalue weighted by molar-refractivity contribution is 0.415. The van der Waals surface area contributed by atoms with Crippen LogP contribution in [-0.4, -0.2) is 26.5 Å². The second-order valence-corrected chi connectivity index (χ2v) is 20.1. The number of unbranched alkanes of at least 4 members (excludes halogenated alkanes) is 1. The number of rotatable bonds is 9. The van der Waals surface area contributed by atoms with Crippen LogP contribution in [0.1, 0.15) is 12.8 Å². The molecule has 0 N–H and O–H groups in total. The number of benzene rings is 2. The maximum atomic E-state index is 5.80. The van der Waals surface area contributed by atoms with Crippen LogP contribution in [0.15, 0.2) is 48.5 Å². The van der Waals surface area contributed by atoms with E-state index in [1.165, 1.54) is 0 Å². The van der Waals surface area contributed by atoms with Crippen LogP contribution in [-0.2, 0) is 23.6 Å². The molecule has 0 saturated heterocycles. The molecule has 0 spiro atoms. The van der Waals surface area contributed by atoms with Crippen molar-refractivity contribution in [3.8, 4) is 11.5 Å². The van der Waals surface area contributed by atoms with E-state index in [-0.39, 0.29) is 0 Å². The van der Waals surface area contributed by atoms with Crippen molar-refractivity contribution in [1.82, 2.24) is 0 Å². The summed E-state index contributed by atoms with van der Waals surface area (Å²) in [6, 6.07) is 15.9. The van der Waals surface area contributed by atoms with E-state index < -0.39 is 10.5 Å². The lowest BCUT2D eigenvalue weighted by atomic mass is 10.3. The third-order valence-corrected chi connectivity index (χ3v) is 13.1. The minimum Gasteiger partial charge on any atom is -0.497 e. The van der Waals surface area contributed by atoms with Gasteiger partial charge in [-0.2, -0.15) is 0 Å². The van der Waals surface area contributed by atoms with Gasteiger partial charge >= 0.3 is 0 Å². The van der Waals surface area contributed by atoms with Gasteiger partial charge in [-0.25, -0.2) is 0 Å². The highest BCUT2D eigenvalue weighted by molar-refractivity contribution is 8.66. The Morgan fingerprint density at radius 2 is 1.00 bits per heavy atom. The van der Waals surface area contributed by atoms with Crippen molar-refractivity contribution in [2.75, 3.05) is 26.5 Å². The summed E-state index contributed by atoms with van der Waals surface area (Å²) >= 11 is 21.2. The Morgan fingerprint density at radius 3 is 1.27 bits per heavy atom. The molecule has 0 heterocycles. The molecule has 8 heteroatoms. The van der Waals surface area contributed by atoms with E-state index >= 15 is 0 Å². The molecule has 0 saturated carbocycles. The van der Waals surface area contributed by atoms with Gasteiger partial charge in [0.15, 0.2) is 0 Å². The monoisotopic (exact) mass is 462 g/mol. The number of hydrogen-bond donors (Lipinski definition) is 2. The molecule has 142 valence electrons. The minimum absolute atomic E-state index is 0.840. The van der Waals surface area contributed by atoms with E-state index in [0.29, 0.717) is 0 Å². The molecule has 2 atom stereocenters. The highest BCUT2D eigenvalue weighted by atomic mass is 32.9. The van der Waals surface area contributed by atoms with E-state index in [0.717, 1.165) is 47.3 Å². The van der Waals surface area contributed by atoms with Gasteiger partial charge in [0.1, 0.15) is 11.5 Å². The maximum Gasteiger partial charge on any atom is 0.118 e. The van der Waals surface area contributed by atoms with Crippen LogP contribution >= 0.6 is 35.0 Å². The van der Waals surface area contributed by atoms with Crippen molar-refractivity contribution in [2.45, 2.75) is 12.8 Å². The van der Waals surface area contributed by atoms with E-state index in [2.05, 4.69) is 0 Å². The number of ether oxygens (including phenoxy) is 2. The topological polar surface area (TPSA) is 18.5 Å². The first-order valence-electron chi connectivity index (χ1n) is 8.21. The summed E-state index contributed by atoms with van der Waals surface area (Å²) in [6.07, 6.45) is 3.87. The maximum absolute atomic E-state index is 5.80. The van der Waals surface area contributed by atoms with Crippen molar-refractivity contribution >= 4 is 69.2 Å². The van der Waals surface area contributed by atoms with Gasteiger partial charge in [0.05, 0.1) is 14.2 Å². The minimum atomic E-state index is -1.83. The summed E-state index contributed by atoms with van der Waals surface area (Å²) in [6.45, 7) is 0. The van der Waals surface area contributed by atoms with Gasteiger partial charge in [0.2, 0.25) is 0 Å². The Hall–Kier alpha value is 0.0400. The Bertz CT molecular complexity index is 737. The van der Waals surface area contributed by atoms with E-state index in [4.69, 9.17) is 57.6 Å². The predicted molar refractivity (Wildman–Crippen MR) is 131 cm³/mol. The molecule has 0 fully saturated rings. The lowest BCUT2D eigenvalue weighted by Gasteiger charge is -2.19.